The molecule has 7 nitrogen and oxygen atoms in total. The number of benzene rings is 2. The van der Waals surface area contributed by atoms with Gasteiger partial charge in [-0.25, -0.2) is 20.8 Å². The van der Waals surface area contributed by atoms with E-state index in [9.17, 15) is 16.8 Å². The molecule has 2 heterocycles. The van der Waals surface area contributed by atoms with Gasteiger partial charge in [-0.2, -0.15) is 4.31 Å². The zero-order valence-corrected chi connectivity index (χ0v) is 20.3. The van der Waals surface area contributed by atoms with Crippen LogP contribution < -0.4 is 5.32 Å². The van der Waals surface area contributed by atoms with E-state index in [-0.39, 0.29) is 34.6 Å². The van der Waals surface area contributed by atoms with Crippen molar-refractivity contribution in [1.29, 1.82) is 0 Å². The fourth-order valence-corrected chi connectivity index (χ4v) is 7.87. The molecule has 4 rings (SSSR count). The summed E-state index contributed by atoms with van der Waals surface area (Å²) in [5.74, 6) is 0.405. The maximum absolute atomic E-state index is 13.8. The number of fused-ring (bicyclic) bond motifs is 1. The fraction of sp³-hybridized carbons (Fsp3) is 0.364. The first-order valence-corrected chi connectivity index (χ1v) is 13.7. The first-order chi connectivity index (χ1) is 15.1. The first kappa shape index (κ1) is 23.3. The number of nitrogens with one attached hydrogen (secondary N) is 1. The minimum Gasteiger partial charge on any atom is -0.311 e. The predicted octanol–water partition coefficient (Wildman–Crippen LogP) is 3.54. The summed E-state index contributed by atoms with van der Waals surface area (Å²) >= 11 is 6.12. The van der Waals surface area contributed by atoms with Gasteiger partial charge in [-0.05, 0) is 48.7 Å². The topological polar surface area (TPSA) is 88.5 Å². The molecule has 1 saturated heterocycles. The van der Waals surface area contributed by atoms with Crippen molar-refractivity contribution in [1.82, 2.24) is 13.6 Å². The first-order valence-electron chi connectivity index (χ1n) is 10.5. The number of hydrogen-bond donors (Lipinski definition) is 1. The van der Waals surface area contributed by atoms with E-state index in [1.807, 2.05) is 0 Å². The zero-order valence-electron chi connectivity index (χ0n) is 17.9. The molecular weight excluding hydrogens is 470 g/mol. The van der Waals surface area contributed by atoms with E-state index in [1.54, 1.807) is 30.3 Å². The number of sulfonamides is 1. The Bertz CT molecular complexity index is 1340. The fourth-order valence-electron chi connectivity index (χ4n) is 4.13. The van der Waals surface area contributed by atoms with Crippen molar-refractivity contribution in [3.63, 3.8) is 0 Å². The predicted molar refractivity (Wildman–Crippen MR) is 126 cm³/mol. The molecule has 3 aromatic rings. The average molecular weight is 496 g/mol. The molecule has 172 valence electrons. The van der Waals surface area contributed by atoms with Crippen molar-refractivity contribution in [2.75, 3.05) is 19.6 Å². The standard InChI is InChI=1S/C22H26ClN3O4S2/c1-16(2)12-19-15-25(11-10-24-19)32(29,30)22-14-17-13-18(23)8-9-21(17)26(22)31(27,28)20-6-4-3-5-7-20/h3-9,13-14,16,19,24H,10-12,15H2,1-2H3. The maximum atomic E-state index is 13.8. The molecule has 32 heavy (non-hydrogen) atoms. The van der Waals surface area contributed by atoms with Crippen LogP contribution in [0.1, 0.15) is 20.3 Å². The summed E-state index contributed by atoms with van der Waals surface area (Å²) in [6.07, 6.45) is 0.826. The van der Waals surface area contributed by atoms with E-state index in [0.29, 0.717) is 22.9 Å². The van der Waals surface area contributed by atoms with Gasteiger partial charge in [-0.15, -0.1) is 0 Å². The largest absolute Gasteiger partial charge is 0.311 e. The third-order valence-electron chi connectivity index (χ3n) is 5.55. The summed E-state index contributed by atoms with van der Waals surface area (Å²) in [5, 5.41) is 3.93. The number of halogens is 1. The van der Waals surface area contributed by atoms with Crippen LogP contribution in [0.3, 0.4) is 0 Å². The Hall–Kier alpha value is -1.91. The van der Waals surface area contributed by atoms with Crippen LogP contribution in [0.2, 0.25) is 5.02 Å². The Morgan fingerprint density at radius 1 is 1.03 bits per heavy atom. The third kappa shape index (κ3) is 4.32. The van der Waals surface area contributed by atoms with Crippen LogP contribution in [0.5, 0.6) is 0 Å². The summed E-state index contributed by atoms with van der Waals surface area (Å²) in [5.41, 5.74) is 0.269. The molecule has 1 fully saturated rings. The van der Waals surface area contributed by atoms with Gasteiger partial charge in [0.25, 0.3) is 20.0 Å². The summed E-state index contributed by atoms with van der Waals surface area (Å²) in [4.78, 5) is 0.0156. The molecule has 0 bridgehead atoms. The highest BCUT2D eigenvalue weighted by Gasteiger charge is 2.36. The van der Waals surface area contributed by atoms with Crippen LogP contribution >= 0.6 is 11.6 Å². The Morgan fingerprint density at radius 2 is 1.75 bits per heavy atom. The van der Waals surface area contributed by atoms with E-state index < -0.39 is 20.0 Å². The van der Waals surface area contributed by atoms with Gasteiger partial charge in [0, 0.05) is 36.1 Å². The lowest BCUT2D eigenvalue weighted by atomic mass is 10.0. The van der Waals surface area contributed by atoms with Crippen LogP contribution in [0.25, 0.3) is 10.9 Å². The molecular formula is C22H26ClN3O4S2. The molecule has 1 aliphatic rings. The molecule has 1 aliphatic heterocycles. The highest BCUT2D eigenvalue weighted by Crippen LogP contribution is 2.32. The van der Waals surface area contributed by atoms with Crippen molar-refractivity contribution >= 4 is 42.6 Å². The van der Waals surface area contributed by atoms with Crippen molar-refractivity contribution in [3.8, 4) is 0 Å². The molecule has 2 aromatic carbocycles. The molecule has 1 N–H and O–H groups in total. The molecule has 1 unspecified atom stereocenters. The number of rotatable bonds is 6. The minimum absolute atomic E-state index is 0.0107. The average Bonchev–Trinajstić information content (AvgIpc) is 3.14. The van der Waals surface area contributed by atoms with E-state index in [4.69, 9.17) is 11.6 Å². The lowest BCUT2D eigenvalue weighted by Gasteiger charge is -2.33. The lowest BCUT2D eigenvalue weighted by Crippen LogP contribution is -2.53. The van der Waals surface area contributed by atoms with Gasteiger partial charge in [0.1, 0.15) is 0 Å². The summed E-state index contributed by atoms with van der Waals surface area (Å²) in [7, 11) is -8.26. The Morgan fingerprint density at radius 3 is 2.44 bits per heavy atom. The number of nitrogens with zero attached hydrogens (tertiary/aromatic N) is 2. The second kappa shape index (κ2) is 8.79. The number of hydrogen-bond acceptors (Lipinski definition) is 5. The second-order valence-corrected chi connectivity index (χ2v) is 12.5. The van der Waals surface area contributed by atoms with Gasteiger partial charge in [-0.3, -0.25) is 0 Å². The van der Waals surface area contributed by atoms with Gasteiger partial charge in [0.2, 0.25) is 0 Å². The normalized spacial score (nSPS) is 18.4. The van der Waals surface area contributed by atoms with Gasteiger partial charge in [0.15, 0.2) is 5.03 Å². The van der Waals surface area contributed by atoms with Gasteiger partial charge in [-0.1, -0.05) is 43.6 Å². The van der Waals surface area contributed by atoms with Gasteiger partial charge in [0.05, 0.1) is 10.4 Å². The lowest BCUT2D eigenvalue weighted by molar-refractivity contribution is 0.271. The molecule has 0 amide bonds. The highest BCUT2D eigenvalue weighted by molar-refractivity contribution is 7.92. The van der Waals surface area contributed by atoms with Gasteiger partial charge < -0.3 is 5.32 Å². The molecule has 10 heteroatoms. The van der Waals surface area contributed by atoms with Crippen LogP contribution in [0.15, 0.2) is 64.5 Å². The van der Waals surface area contributed by atoms with E-state index in [0.717, 1.165) is 10.4 Å². The van der Waals surface area contributed by atoms with E-state index in [2.05, 4.69) is 19.2 Å². The van der Waals surface area contributed by atoms with Crippen LogP contribution in [0.4, 0.5) is 0 Å². The van der Waals surface area contributed by atoms with Crippen LogP contribution in [-0.4, -0.2) is 50.8 Å². The molecule has 0 saturated carbocycles. The minimum atomic E-state index is -4.17. The maximum Gasteiger partial charge on any atom is 0.269 e. The molecule has 0 radical (unpaired) electrons. The summed E-state index contributed by atoms with van der Waals surface area (Å²) in [6.45, 7) is 5.24. The summed E-state index contributed by atoms with van der Waals surface area (Å²) < 4.78 is 57.0. The Balaban J connectivity index is 1.88. The van der Waals surface area contributed by atoms with Crippen molar-refractivity contribution in [2.45, 2.75) is 36.2 Å². The Labute approximate surface area is 194 Å². The smallest absolute Gasteiger partial charge is 0.269 e. The molecule has 1 atom stereocenters. The zero-order chi connectivity index (χ0) is 23.1. The van der Waals surface area contributed by atoms with Crippen LogP contribution in [0, 0.1) is 5.92 Å². The molecule has 1 aromatic heterocycles. The SMILES string of the molecule is CC(C)CC1CN(S(=O)(=O)c2cc3cc(Cl)ccc3n2S(=O)(=O)c2ccccc2)CCN1. The molecule has 0 spiro atoms. The van der Waals surface area contributed by atoms with Crippen molar-refractivity contribution in [3.05, 3.63) is 59.6 Å². The second-order valence-electron chi connectivity index (χ2n) is 8.41. The van der Waals surface area contributed by atoms with Crippen molar-refractivity contribution in [2.24, 2.45) is 5.92 Å². The highest BCUT2D eigenvalue weighted by atomic mass is 35.5. The van der Waals surface area contributed by atoms with E-state index in [1.165, 1.54) is 28.6 Å². The quantitative estimate of drug-likeness (QED) is 0.565. The number of piperazine rings is 1. The number of aromatic nitrogens is 1. The Kier molecular flexibility index (Phi) is 6.39. The third-order valence-corrected chi connectivity index (χ3v) is 9.48. The van der Waals surface area contributed by atoms with E-state index >= 15 is 0 Å². The van der Waals surface area contributed by atoms with Crippen molar-refractivity contribution < 1.29 is 16.8 Å². The summed E-state index contributed by atoms with van der Waals surface area (Å²) in [6, 6.07) is 13.9. The monoisotopic (exact) mass is 495 g/mol. The molecule has 0 aliphatic carbocycles. The van der Waals surface area contributed by atoms with Gasteiger partial charge >= 0.3 is 0 Å². The van der Waals surface area contributed by atoms with Crippen LogP contribution in [-0.2, 0) is 20.0 Å².